The van der Waals surface area contributed by atoms with Crippen molar-refractivity contribution in [2.24, 2.45) is 5.92 Å². The van der Waals surface area contributed by atoms with Crippen molar-refractivity contribution in [3.8, 4) is 11.5 Å². The minimum Gasteiger partial charge on any atom is -0.495 e. The second-order valence-electron chi connectivity index (χ2n) is 6.39. The fourth-order valence-corrected chi connectivity index (χ4v) is 3.00. The molecular weight excluding hydrogens is 415 g/mol. The van der Waals surface area contributed by atoms with Gasteiger partial charge in [0.05, 0.1) is 24.9 Å². The lowest BCUT2D eigenvalue weighted by Gasteiger charge is -2.13. The van der Waals surface area contributed by atoms with Crippen LogP contribution in [-0.2, 0) is 9.59 Å². The van der Waals surface area contributed by atoms with Gasteiger partial charge in [-0.15, -0.1) is 0 Å². The van der Waals surface area contributed by atoms with E-state index in [1.165, 1.54) is 20.3 Å². The van der Waals surface area contributed by atoms with Gasteiger partial charge < -0.3 is 20.1 Å². The predicted octanol–water partition coefficient (Wildman–Crippen LogP) is 5.26. The summed E-state index contributed by atoms with van der Waals surface area (Å²) in [6.07, 6.45) is 2.89. The molecule has 0 unspecified atom stereocenters. The van der Waals surface area contributed by atoms with Crippen LogP contribution < -0.4 is 20.1 Å². The van der Waals surface area contributed by atoms with E-state index in [1.54, 1.807) is 50.3 Å². The van der Waals surface area contributed by atoms with E-state index in [0.29, 0.717) is 38.5 Å². The smallest absolute Gasteiger partial charge is 0.248 e. The molecule has 0 aliphatic heterocycles. The number of ether oxygens (including phenoxy) is 2. The van der Waals surface area contributed by atoms with Crippen LogP contribution in [0, 0.1) is 5.92 Å². The zero-order chi connectivity index (χ0) is 21.6. The Hall–Kier alpha value is -2.70. The van der Waals surface area contributed by atoms with Crippen molar-refractivity contribution in [3.05, 3.63) is 52.0 Å². The van der Waals surface area contributed by atoms with Gasteiger partial charge in [0, 0.05) is 34.3 Å². The molecule has 2 N–H and O–H groups in total. The lowest BCUT2D eigenvalue weighted by molar-refractivity contribution is -0.119. The third-order valence-electron chi connectivity index (χ3n) is 3.91. The number of carbonyl (C=O) groups is 2. The standard InChI is InChI=1S/C21H22Cl2N2O4/c1-12(2)21(27)25-17-7-6-15(11-18(17)28-3)24-19(26)8-5-13-9-14(22)10-16(23)20(13)29-4/h5-12H,1-4H3,(H,24,26)(H,25,27)/b8-5+. The number of carbonyl (C=O) groups excluding carboxylic acids is 2. The van der Waals surface area contributed by atoms with Crippen LogP contribution >= 0.6 is 23.2 Å². The Kier molecular flexibility index (Phi) is 7.93. The fraction of sp³-hybridized carbons (Fsp3) is 0.238. The van der Waals surface area contributed by atoms with E-state index in [9.17, 15) is 9.59 Å². The molecule has 0 aromatic heterocycles. The Labute approximate surface area is 179 Å². The van der Waals surface area contributed by atoms with Crippen LogP contribution in [0.25, 0.3) is 6.08 Å². The number of rotatable bonds is 7. The largest absolute Gasteiger partial charge is 0.495 e. The summed E-state index contributed by atoms with van der Waals surface area (Å²) in [5.74, 6) is 0.193. The summed E-state index contributed by atoms with van der Waals surface area (Å²) >= 11 is 12.1. The lowest BCUT2D eigenvalue weighted by atomic mass is 10.1. The second-order valence-corrected chi connectivity index (χ2v) is 7.24. The summed E-state index contributed by atoms with van der Waals surface area (Å²) in [5.41, 5.74) is 1.61. The predicted molar refractivity (Wildman–Crippen MR) is 117 cm³/mol. The molecule has 0 heterocycles. The molecule has 0 radical (unpaired) electrons. The van der Waals surface area contributed by atoms with E-state index >= 15 is 0 Å². The summed E-state index contributed by atoms with van der Waals surface area (Å²) in [5, 5.41) is 6.29. The molecule has 0 saturated heterocycles. The Morgan fingerprint density at radius 1 is 1.03 bits per heavy atom. The minimum absolute atomic E-state index is 0.128. The van der Waals surface area contributed by atoms with E-state index in [1.807, 2.05) is 0 Å². The first-order valence-electron chi connectivity index (χ1n) is 8.76. The molecule has 2 aromatic rings. The van der Waals surface area contributed by atoms with E-state index in [0.717, 1.165) is 0 Å². The van der Waals surface area contributed by atoms with Crippen molar-refractivity contribution in [3.63, 3.8) is 0 Å². The van der Waals surface area contributed by atoms with Crippen LogP contribution in [0.1, 0.15) is 19.4 Å². The molecule has 0 atom stereocenters. The number of nitrogens with one attached hydrogen (secondary N) is 2. The van der Waals surface area contributed by atoms with Gasteiger partial charge in [-0.05, 0) is 30.3 Å². The van der Waals surface area contributed by atoms with Gasteiger partial charge in [0.2, 0.25) is 11.8 Å². The summed E-state index contributed by atoms with van der Waals surface area (Å²) in [6.45, 7) is 3.59. The van der Waals surface area contributed by atoms with Crippen molar-refractivity contribution >= 4 is 52.5 Å². The minimum atomic E-state index is -0.371. The number of benzene rings is 2. The molecule has 0 aliphatic rings. The third kappa shape index (κ3) is 6.14. The SMILES string of the molecule is COc1cc(NC(=O)/C=C/c2cc(Cl)cc(Cl)c2OC)ccc1NC(=O)C(C)C. The van der Waals surface area contributed by atoms with Crippen molar-refractivity contribution in [1.29, 1.82) is 0 Å². The van der Waals surface area contributed by atoms with Gasteiger partial charge in [0.15, 0.2) is 0 Å². The van der Waals surface area contributed by atoms with Crippen LogP contribution in [0.3, 0.4) is 0 Å². The highest BCUT2D eigenvalue weighted by molar-refractivity contribution is 6.36. The highest BCUT2D eigenvalue weighted by Crippen LogP contribution is 2.33. The Bertz CT molecular complexity index is 943. The lowest BCUT2D eigenvalue weighted by Crippen LogP contribution is -2.18. The summed E-state index contributed by atoms with van der Waals surface area (Å²) in [6, 6.07) is 8.16. The number of methoxy groups -OCH3 is 2. The van der Waals surface area contributed by atoms with Crippen LogP contribution in [0.4, 0.5) is 11.4 Å². The van der Waals surface area contributed by atoms with Gasteiger partial charge in [-0.1, -0.05) is 37.0 Å². The zero-order valence-corrected chi connectivity index (χ0v) is 18.0. The third-order valence-corrected chi connectivity index (χ3v) is 4.41. The molecule has 0 fully saturated rings. The Morgan fingerprint density at radius 3 is 2.38 bits per heavy atom. The molecular formula is C21H22Cl2N2O4. The van der Waals surface area contributed by atoms with E-state index < -0.39 is 0 Å². The van der Waals surface area contributed by atoms with Gasteiger partial charge >= 0.3 is 0 Å². The van der Waals surface area contributed by atoms with Gasteiger partial charge in [-0.2, -0.15) is 0 Å². The molecule has 0 bridgehead atoms. The van der Waals surface area contributed by atoms with Gasteiger partial charge in [0.25, 0.3) is 0 Å². The molecule has 2 rings (SSSR count). The zero-order valence-electron chi connectivity index (χ0n) is 16.5. The maximum Gasteiger partial charge on any atom is 0.248 e. The van der Waals surface area contributed by atoms with E-state index in [4.69, 9.17) is 32.7 Å². The van der Waals surface area contributed by atoms with Gasteiger partial charge in [0.1, 0.15) is 11.5 Å². The molecule has 154 valence electrons. The number of amides is 2. The first-order valence-corrected chi connectivity index (χ1v) is 9.51. The second kappa shape index (κ2) is 10.2. The maximum atomic E-state index is 12.3. The van der Waals surface area contributed by atoms with Crippen LogP contribution in [0.15, 0.2) is 36.4 Å². The first kappa shape index (κ1) is 22.6. The average molecular weight is 437 g/mol. The number of halogens is 2. The van der Waals surface area contributed by atoms with Crippen molar-refractivity contribution in [1.82, 2.24) is 0 Å². The monoisotopic (exact) mass is 436 g/mol. The van der Waals surface area contributed by atoms with Crippen molar-refractivity contribution in [2.75, 3.05) is 24.9 Å². The normalized spacial score (nSPS) is 10.9. The average Bonchev–Trinajstić information content (AvgIpc) is 2.67. The quantitative estimate of drug-likeness (QED) is 0.580. The first-order chi connectivity index (χ1) is 13.7. The van der Waals surface area contributed by atoms with E-state index in [2.05, 4.69) is 10.6 Å². The van der Waals surface area contributed by atoms with Crippen LogP contribution in [-0.4, -0.2) is 26.0 Å². The van der Waals surface area contributed by atoms with Crippen LogP contribution in [0.5, 0.6) is 11.5 Å². The topological polar surface area (TPSA) is 76.7 Å². The molecule has 0 saturated carbocycles. The van der Waals surface area contributed by atoms with Crippen molar-refractivity contribution in [2.45, 2.75) is 13.8 Å². The van der Waals surface area contributed by atoms with Gasteiger partial charge in [-0.25, -0.2) is 0 Å². The number of hydrogen-bond donors (Lipinski definition) is 2. The Morgan fingerprint density at radius 2 is 1.76 bits per heavy atom. The van der Waals surface area contributed by atoms with Crippen LogP contribution in [0.2, 0.25) is 10.0 Å². The van der Waals surface area contributed by atoms with Crippen molar-refractivity contribution < 1.29 is 19.1 Å². The maximum absolute atomic E-state index is 12.3. The summed E-state index contributed by atoms with van der Waals surface area (Å²) < 4.78 is 10.6. The molecule has 0 aliphatic carbocycles. The Balaban J connectivity index is 2.15. The molecule has 0 spiro atoms. The summed E-state index contributed by atoms with van der Waals surface area (Å²) in [4.78, 5) is 24.2. The highest BCUT2D eigenvalue weighted by atomic mass is 35.5. The molecule has 2 amide bonds. The molecule has 8 heteroatoms. The fourth-order valence-electron chi connectivity index (χ4n) is 2.42. The molecule has 2 aromatic carbocycles. The number of hydrogen-bond acceptors (Lipinski definition) is 4. The van der Waals surface area contributed by atoms with Gasteiger partial charge in [-0.3, -0.25) is 9.59 Å². The highest BCUT2D eigenvalue weighted by Gasteiger charge is 2.12. The van der Waals surface area contributed by atoms with E-state index in [-0.39, 0.29) is 17.7 Å². The molecule has 29 heavy (non-hydrogen) atoms. The summed E-state index contributed by atoms with van der Waals surface area (Å²) in [7, 11) is 2.97. The number of anilines is 2. The molecule has 6 nitrogen and oxygen atoms in total.